The molecule has 102 valence electrons. The lowest BCUT2D eigenvalue weighted by Gasteiger charge is -2.29. The minimum atomic E-state index is -0.823. The molecular weight excluding hydrogens is 246 g/mol. The summed E-state index contributed by atoms with van der Waals surface area (Å²) in [5, 5.41) is 20.6. The van der Waals surface area contributed by atoms with Gasteiger partial charge in [0.2, 0.25) is 0 Å². The van der Waals surface area contributed by atoms with Crippen molar-refractivity contribution >= 4 is 11.9 Å². The van der Waals surface area contributed by atoms with E-state index in [1.807, 2.05) is 6.07 Å². The molecule has 0 unspecified atom stereocenters. The summed E-state index contributed by atoms with van der Waals surface area (Å²) in [5.41, 5.74) is 0.0237. The molecule has 0 aromatic rings. The highest BCUT2D eigenvalue weighted by atomic mass is 16.4. The molecule has 1 aliphatic heterocycles. The van der Waals surface area contributed by atoms with E-state index in [0.29, 0.717) is 32.5 Å². The number of hydrogen-bond donors (Lipinski definition) is 2. The molecular formula is C13H17N3O3. The number of carbonyl (C=O) groups is 2. The number of hydrogen-bond acceptors (Lipinski definition) is 4. The maximum absolute atomic E-state index is 12.0. The Labute approximate surface area is 112 Å². The van der Waals surface area contributed by atoms with Crippen LogP contribution in [0.4, 0.5) is 0 Å². The van der Waals surface area contributed by atoms with Crippen molar-refractivity contribution in [2.45, 2.75) is 12.8 Å². The molecule has 1 fully saturated rings. The van der Waals surface area contributed by atoms with E-state index < -0.39 is 11.9 Å². The summed E-state index contributed by atoms with van der Waals surface area (Å²) in [6, 6.07) is 1.85. The van der Waals surface area contributed by atoms with Gasteiger partial charge in [0.25, 0.3) is 5.91 Å². The number of carboxylic acid groups (broad SMARTS) is 1. The Morgan fingerprint density at radius 3 is 2.58 bits per heavy atom. The Bertz CT molecular complexity index is 429. The predicted octanol–water partition coefficient (Wildman–Crippen LogP) is 0.493. The number of nitrogens with one attached hydrogen (secondary N) is 1. The van der Waals surface area contributed by atoms with Crippen LogP contribution in [0.15, 0.2) is 24.4 Å². The minimum absolute atomic E-state index is 0.0237. The molecule has 0 aromatic carbocycles. The second-order valence-corrected chi connectivity index (χ2v) is 4.27. The molecule has 0 spiro atoms. The number of nitrogens with zero attached hydrogens (tertiary/aromatic N) is 2. The quantitative estimate of drug-likeness (QED) is 0.326. The standard InChI is InChI=1S/C13H17N3O3/c1-2-5-15-9-11(8-14)12(17)16-6-3-10(4-7-16)13(18)19/h2,9-10,15H,1,3-7H2,(H,18,19)/b11-9-. The zero-order valence-corrected chi connectivity index (χ0v) is 10.6. The fourth-order valence-corrected chi connectivity index (χ4v) is 1.89. The van der Waals surface area contributed by atoms with Crippen LogP contribution < -0.4 is 5.32 Å². The second kappa shape index (κ2) is 7.21. The van der Waals surface area contributed by atoms with Gasteiger partial charge in [-0.05, 0) is 12.8 Å². The number of nitriles is 1. The van der Waals surface area contributed by atoms with Gasteiger partial charge in [-0.1, -0.05) is 6.08 Å². The van der Waals surface area contributed by atoms with Crippen molar-refractivity contribution in [1.82, 2.24) is 10.2 Å². The average Bonchev–Trinajstić information content (AvgIpc) is 2.43. The number of carboxylic acids is 1. The molecule has 0 aliphatic carbocycles. The van der Waals surface area contributed by atoms with Gasteiger partial charge in [-0.3, -0.25) is 9.59 Å². The fourth-order valence-electron chi connectivity index (χ4n) is 1.89. The highest BCUT2D eigenvalue weighted by molar-refractivity contribution is 5.97. The molecule has 0 saturated carbocycles. The zero-order valence-electron chi connectivity index (χ0n) is 10.6. The van der Waals surface area contributed by atoms with Crippen molar-refractivity contribution in [2.75, 3.05) is 19.6 Å². The lowest BCUT2D eigenvalue weighted by atomic mass is 9.97. The van der Waals surface area contributed by atoms with Gasteiger partial charge in [0.15, 0.2) is 0 Å². The summed E-state index contributed by atoms with van der Waals surface area (Å²) in [4.78, 5) is 24.3. The summed E-state index contributed by atoms with van der Waals surface area (Å²) >= 11 is 0. The van der Waals surface area contributed by atoms with E-state index >= 15 is 0 Å². The summed E-state index contributed by atoms with van der Waals surface area (Å²) in [5.74, 6) is -1.57. The molecule has 1 aliphatic rings. The molecule has 1 amide bonds. The van der Waals surface area contributed by atoms with Gasteiger partial charge in [-0.2, -0.15) is 5.26 Å². The van der Waals surface area contributed by atoms with Crippen LogP contribution in [0.3, 0.4) is 0 Å². The average molecular weight is 263 g/mol. The second-order valence-electron chi connectivity index (χ2n) is 4.27. The van der Waals surface area contributed by atoms with E-state index in [4.69, 9.17) is 10.4 Å². The maximum Gasteiger partial charge on any atom is 0.306 e. The van der Waals surface area contributed by atoms with Crippen LogP contribution in [0.2, 0.25) is 0 Å². The van der Waals surface area contributed by atoms with Gasteiger partial charge in [-0.25, -0.2) is 0 Å². The Morgan fingerprint density at radius 1 is 1.47 bits per heavy atom. The highest BCUT2D eigenvalue weighted by Gasteiger charge is 2.28. The first-order valence-corrected chi connectivity index (χ1v) is 6.06. The molecule has 6 nitrogen and oxygen atoms in total. The van der Waals surface area contributed by atoms with Gasteiger partial charge < -0.3 is 15.3 Å². The van der Waals surface area contributed by atoms with Gasteiger partial charge in [0.1, 0.15) is 11.6 Å². The number of rotatable bonds is 5. The van der Waals surface area contributed by atoms with Gasteiger partial charge in [-0.15, -0.1) is 6.58 Å². The van der Waals surface area contributed by atoms with Crippen molar-refractivity contribution in [3.8, 4) is 6.07 Å². The molecule has 0 bridgehead atoms. The van der Waals surface area contributed by atoms with Crippen LogP contribution in [0, 0.1) is 17.2 Å². The predicted molar refractivity (Wildman–Crippen MR) is 68.8 cm³/mol. The minimum Gasteiger partial charge on any atom is -0.481 e. The summed E-state index contributed by atoms with van der Waals surface area (Å²) < 4.78 is 0. The Morgan fingerprint density at radius 2 is 2.11 bits per heavy atom. The molecule has 0 atom stereocenters. The topological polar surface area (TPSA) is 93.4 Å². The highest BCUT2D eigenvalue weighted by Crippen LogP contribution is 2.18. The van der Waals surface area contributed by atoms with Crippen LogP contribution in [0.5, 0.6) is 0 Å². The summed E-state index contributed by atoms with van der Waals surface area (Å²) in [6.07, 6.45) is 3.85. The third kappa shape index (κ3) is 4.14. The molecule has 19 heavy (non-hydrogen) atoms. The molecule has 0 radical (unpaired) electrons. The SMILES string of the molecule is C=CCN/C=C(/C#N)C(=O)N1CCC(C(=O)O)CC1. The Balaban J connectivity index is 2.58. The largest absolute Gasteiger partial charge is 0.481 e. The van der Waals surface area contributed by atoms with Crippen LogP contribution in [0.1, 0.15) is 12.8 Å². The van der Waals surface area contributed by atoms with Crippen molar-refractivity contribution in [3.63, 3.8) is 0 Å². The number of likely N-dealkylation sites (tertiary alicyclic amines) is 1. The third-order valence-electron chi connectivity index (χ3n) is 2.99. The monoisotopic (exact) mass is 263 g/mol. The maximum atomic E-state index is 12.0. The van der Waals surface area contributed by atoms with Crippen molar-refractivity contribution < 1.29 is 14.7 Å². The van der Waals surface area contributed by atoms with Crippen molar-refractivity contribution in [2.24, 2.45) is 5.92 Å². The van der Waals surface area contributed by atoms with E-state index in [9.17, 15) is 9.59 Å². The van der Waals surface area contributed by atoms with Crippen LogP contribution in [-0.2, 0) is 9.59 Å². The van der Waals surface area contributed by atoms with E-state index in [2.05, 4.69) is 11.9 Å². The number of piperidine rings is 1. The van der Waals surface area contributed by atoms with E-state index in [0.717, 1.165) is 0 Å². The Kier molecular flexibility index (Phi) is 5.61. The molecule has 1 saturated heterocycles. The zero-order chi connectivity index (χ0) is 14.3. The lowest BCUT2D eigenvalue weighted by molar-refractivity contribution is -0.145. The fraction of sp³-hybridized carbons (Fsp3) is 0.462. The molecule has 1 rings (SSSR count). The van der Waals surface area contributed by atoms with Gasteiger partial charge >= 0.3 is 5.97 Å². The van der Waals surface area contributed by atoms with Crippen LogP contribution in [-0.4, -0.2) is 41.5 Å². The lowest BCUT2D eigenvalue weighted by Crippen LogP contribution is -2.41. The molecule has 6 heteroatoms. The van der Waals surface area contributed by atoms with Crippen LogP contribution >= 0.6 is 0 Å². The van der Waals surface area contributed by atoms with Crippen molar-refractivity contribution in [1.29, 1.82) is 5.26 Å². The smallest absolute Gasteiger partial charge is 0.306 e. The first-order chi connectivity index (χ1) is 9.10. The van der Waals surface area contributed by atoms with Gasteiger partial charge in [0.05, 0.1) is 5.92 Å². The van der Waals surface area contributed by atoms with Gasteiger partial charge in [0, 0.05) is 25.8 Å². The normalized spacial score (nSPS) is 16.6. The molecule has 1 heterocycles. The number of carbonyl (C=O) groups excluding carboxylic acids is 1. The summed E-state index contributed by atoms with van der Waals surface area (Å²) in [7, 11) is 0. The Hall–Kier alpha value is -2.29. The molecule has 0 aromatic heterocycles. The first kappa shape index (κ1) is 14.8. The molecule has 2 N–H and O–H groups in total. The third-order valence-corrected chi connectivity index (χ3v) is 2.99. The van der Waals surface area contributed by atoms with E-state index in [1.165, 1.54) is 11.1 Å². The van der Waals surface area contributed by atoms with Crippen molar-refractivity contribution in [3.05, 3.63) is 24.4 Å². The van der Waals surface area contributed by atoms with Crippen LogP contribution in [0.25, 0.3) is 0 Å². The summed E-state index contributed by atoms with van der Waals surface area (Å²) in [6.45, 7) is 4.73. The number of amides is 1. The first-order valence-electron chi connectivity index (χ1n) is 6.06. The number of aliphatic carboxylic acids is 1. The van der Waals surface area contributed by atoms with E-state index in [-0.39, 0.29) is 11.5 Å². The van der Waals surface area contributed by atoms with E-state index in [1.54, 1.807) is 6.08 Å².